The highest BCUT2D eigenvalue weighted by Crippen LogP contribution is 2.41. The Hall–Kier alpha value is -6.87. The predicted molar refractivity (Wildman–Crippen MR) is 272 cm³/mol. The first kappa shape index (κ1) is 56.3. The SMILES string of the molecule is COC(=O)N[C@H](C(=O)NN(Cc1c(F)cc(-c2ccn(C3CC3)n2)cc1F)C[C@H](O)[C@H](Cc1ccc(C#Cc2ccc(N3C[C@H]4C[C@@H]3CN4C3COC3)nc2)cc1)NC(=O)[C@@H](NC(=O)OC)C(C)(C)C(F)(F)F)C(C)(C)C. The van der Waals surface area contributed by atoms with Gasteiger partial charge in [-0.3, -0.25) is 24.6 Å². The highest BCUT2D eigenvalue weighted by molar-refractivity contribution is 5.87. The molecule has 2 bridgehead atoms. The number of alkyl carbamates (subject to hydrolysis) is 2. The van der Waals surface area contributed by atoms with Crippen LogP contribution in [0.4, 0.5) is 37.4 Å². The monoisotopic (exact) mass is 1080 g/mol. The van der Waals surface area contributed by atoms with Crippen molar-refractivity contribution in [3.8, 4) is 23.1 Å². The quantitative estimate of drug-likeness (QED) is 0.0467. The molecule has 6 atom stereocenters. The summed E-state index contributed by atoms with van der Waals surface area (Å²) in [6.45, 7) is 8.27. The number of carbonyl (C=O) groups is 4. The van der Waals surface area contributed by atoms with Gasteiger partial charge in [-0.15, -0.1) is 0 Å². The topological polar surface area (TPSA) is 205 Å². The number of alkyl halides is 3. The van der Waals surface area contributed by atoms with Crippen molar-refractivity contribution in [2.75, 3.05) is 52.0 Å². The summed E-state index contributed by atoms with van der Waals surface area (Å²) in [7, 11) is 2.00. The number of aromatic nitrogens is 3. The number of rotatable bonds is 18. The number of fused-ring (bicyclic) bond motifs is 2. The molecule has 5 N–H and O–H groups in total. The van der Waals surface area contributed by atoms with Gasteiger partial charge in [-0.2, -0.15) is 18.3 Å². The molecule has 3 aliphatic heterocycles. The van der Waals surface area contributed by atoms with Crippen molar-refractivity contribution in [2.45, 2.75) is 121 Å². The number of carbonyl (C=O) groups excluding carboxylic acids is 4. The predicted octanol–water partition coefficient (Wildman–Crippen LogP) is 5.63. The van der Waals surface area contributed by atoms with Crippen molar-refractivity contribution in [3.63, 3.8) is 0 Å². The summed E-state index contributed by atoms with van der Waals surface area (Å²) in [5.41, 5.74) is 0.233. The molecule has 77 heavy (non-hydrogen) atoms. The lowest BCUT2D eigenvalue weighted by molar-refractivity contribution is -0.220. The molecule has 0 radical (unpaired) electrons. The molecule has 0 spiro atoms. The van der Waals surface area contributed by atoms with E-state index in [9.17, 15) is 37.5 Å². The number of hydrogen-bond donors (Lipinski definition) is 5. The molecule has 0 unspecified atom stereocenters. The molecule has 18 nitrogen and oxygen atoms in total. The number of aliphatic hydroxyl groups is 1. The third-order valence-electron chi connectivity index (χ3n) is 14.7. The van der Waals surface area contributed by atoms with Gasteiger partial charge < -0.3 is 40.2 Å². The smallest absolute Gasteiger partial charge is 0.407 e. The van der Waals surface area contributed by atoms with Crippen LogP contribution in [0, 0.1) is 34.3 Å². The van der Waals surface area contributed by atoms with Crippen LogP contribution in [0.3, 0.4) is 0 Å². The molecule has 2 aromatic carbocycles. The molecule has 4 fully saturated rings. The maximum absolute atomic E-state index is 16.2. The van der Waals surface area contributed by atoms with Crippen molar-refractivity contribution >= 4 is 29.8 Å². The Bertz CT molecular complexity index is 2820. The molecule has 5 heterocycles. The summed E-state index contributed by atoms with van der Waals surface area (Å²) < 4.78 is 92.6. The number of nitrogens with zero attached hydrogens (tertiary/aromatic N) is 6. The second kappa shape index (κ2) is 23.0. The van der Waals surface area contributed by atoms with E-state index >= 15 is 8.78 Å². The number of ether oxygens (including phenoxy) is 3. The first-order chi connectivity index (χ1) is 36.4. The molecular formula is C54H65F5N10O8. The fourth-order valence-electron chi connectivity index (χ4n) is 9.76. The van der Waals surface area contributed by atoms with Gasteiger partial charge in [0.25, 0.3) is 5.91 Å². The van der Waals surface area contributed by atoms with E-state index in [-0.39, 0.29) is 18.0 Å². The lowest BCUT2D eigenvalue weighted by atomic mass is 9.82. The number of halogens is 5. The van der Waals surface area contributed by atoms with E-state index < -0.39 is 95.5 Å². The fraction of sp³-hybridized carbons (Fsp3) is 0.519. The number of amides is 4. The van der Waals surface area contributed by atoms with Crippen LogP contribution in [-0.2, 0) is 36.8 Å². The van der Waals surface area contributed by atoms with Crippen LogP contribution < -0.4 is 26.3 Å². The Morgan fingerprint density at radius 3 is 2.00 bits per heavy atom. The number of likely N-dealkylation sites (tertiary alicyclic amines) is 1. The lowest BCUT2D eigenvalue weighted by Crippen LogP contribution is -2.63. The molecular weight excluding hydrogens is 1010 g/mol. The van der Waals surface area contributed by atoms with E-state index in [4.69, 9.17) is 14.5 Å². The van der Waals surface area contributed by atoms with Crippen molar-refractivity contribution < 1.29 is 60.4 Å². The standard InChI is InChI=1S/C54H65F5N10O8/c1-52(2,3)46(62-50(73)75-6)49(72)65-66(27-39-40(55)21-34(22-41(39)56)42-18-19-69(64-42)35-15-16-35)28-44(70)43(61-48(71)47(63-51(74)76-7)53(4,5)54(57,58)59)20-32-11-8-31(9-12-32)10-13-33-14-17-45(60-24-33)68-26-36-23-37(68)25-67(36)38-29-77-30-38/h8-9,11-12,14,17-19,21-22,24,35-38,43-44,46-47,70H,15-16,20,23,25-30H2,1-7H3,(H,61,71)(H,62,73)(H,63,74)(H,65,72)/t36-,37-,43+,44+,46-,47-/m1/s1. The van der Waals surface area contributed by atoms with Gasteiger partial charge in [0.1, 0.15) is 29.5 Å². The molecule has 1 saturated carbocycles. The van der Waals surface area contributed by atoms with Crippen molar-refractivity contribution in [1.82, 2.24) is 46.0 Å². The third kappa shape index (κ3) is 13.3. The summed E-state index contributed by atoms with van der Waals surface area (Å²) in [5.74, 6) is 2.75. The number of pyridine rings is 1. The number of aliphatic hydroxyl groups excluding tert-OH is 1. The number of hydrazine groups is 1. The highest BCUT2D eigenvalue weighted by Gasteiger charge is 2.56. The summed E-state index contributed by atoms with van der Waals surface area (Å²) in [6, 6.07) is 10.6. The summed E-state index contributed by atoms with van der Waals surface area (Å²) in [5, 5.41) is 24.5. The van der Waals surface area contributed by atoms with Crippen LogP contribution in [0.15, 0.2) is 67.0 Å². The Morgan fingerprint density at radius 2 is 1.45 bits per heavy atom. The molecule has 3 saturated heterocycles. The average molecular weight is 1080 g/mol. The number of nitrogens with one attached hydrogen (secondary N) is 4. The summed E-state index contributed by atoms with van der Waals surface area (Å²) >= 11 is 0. The van der Waals surface area contributed by atoms with Gasteiger partial charge in [0.05, 0.1) is 62.8 Å². The number of anilines is 1. The maximum Gasteiger partial charge on any atom is 0.407 e. The Labute approximate surface area is 443 Å². The molecule has 2 aromatic heterocycles. The molecule has 23 heteroatoms. The zero-order valence-electron chi connectivity index (χ0n) is 43.9. The molecule has 4 aliphatic rings. The van der Waals surface area contributed by atoms with Gasteiger partial charge in [-0.1, -0.05) is 44.7 Å². The van der Waals surface area contributed by atoms with E-state index in [1.807, 2.05) is 17.4 Å². The second-order valence-electron chi connectivity index (χ2n) is 21.7. The second-order valence-corrected chi connectivity index (χ2v) is 21.7. The van der Waals surface area contributed by atoms with Crippen molar-refractivity contribution in [1.29, 1.82) is 0 Å². The largest absolute Gasteiger partial charge is 0.453 e. The van der Waals surface area contributed by atoms with Crippen LogP contribution >= 0.6 is 0 Å². The first-order valence-electron chi connectivity index (χ1n) is 25.4. The van der Waals surface area contributed by atoms with Crippen LogP contribution in [-0.4, -0.2) is 149 Å². The van der Waals surface area contributed by atoms with Crippen LogP contribution in [0.2, 0.25) is 0 Å². The van der Waals surface area contributed by atoms with Crippen molar-refractivity contribution in [2.24, 2.45) is 10.8 Å². The number of benzene rings is 2. The Balaban J connectivity index is 1.05. The van der Waals surface area contributed by atoms with E-state index in [0.717, 1.165) is 82.7 Å². The van der Waals surface area contributed by atoms with Gasteiger partial charge in [-0.25, -0.2) is 28.4 Å². The highest BCUT2D eigenvalue weighted by atomic mass is 19.4. The van der Waals surface area contributed by atoms with Gasteiger partial charge in [0.2, 0.25) is 5.91 Å². The number of methoxy groups -OCH3 is 2. The van der Waals surface area contributed by atoms with Gasteiger partial charge >= 0.3 is 18.4 Å². The molecule has 1 aliphatic carbocycles. The average Bonchev–Trinajstić information content (AvgIpc) is 3.76. The maximum atomic E-state index is 16.2. The zero-order valence-corrected chi connectivity index (χ0v) is 43.9. The van der Waals surface area contributed by atoms with Crippen LogP contribution in [0.5, 0.6) is 0 Å². The molecule has 4 amide bonds. The summed E-state index contributed by atoms with van der Waals surface area (Å²) in [6.07, 6.45) is -3.11. The van der Waals surface area contributed by atoms with Crippen molar-refractivity contribution in [3.05, 3.63) is 101 Å². The number of piperazine rings is 1. The van der Waals surface area contributed by atoms with E-state index in [1.165, 1.54) is 0 Å². The Morgan fingerprint density at radius 1 is 0.818 bits per heavy atom. The third-order valence-corrected chi connectivity index (χ3v) is 14.7. The zero-order chi connectivity index (χ0) is 55.6. The fourth-order valence-corrected chi connectivity index (χ4v) is 9.76. The molecule has 414 valence electrons. The summed E-state index contributed by atoms with van der Waals surface area (Å²) in [4.78, 5) is 62.7. The van der Waals surface area contributed by atoms with Crippen LogP contribution in [0.1, 0.15) is 82.2 Å². The minimum absolute atomic E-state index is 0.132. The minimum atomic E-state index is -5.05. The number of hydrogen-bond acceptors (Lipinski definition) is 13. The minimum Gasteiger partial charge on any atom is -0.453 e. The van der Waals surface area contributed by atoms with Crippen LogP contribution in [0.25, 0.3) is 11.3 Å². The van der Waals surface area contributed by atoms with E-state index in [1.54, 1.807) is 68.2 Å². The molecule has 4 aromatic rings. The van der Waals surface area contributed by atoms with E-state index in [2.05, 4.69) is 47.5 Å². The lowest BCUT2D eigenvalue weighted by Gasteiger charge is -2.42. The van der Waals surface area contributed by atoms with Gasteiger partial charge in [0.15, 0.2) is 0 Å². The van der Waals surface area contributed by atoms with Gasteiger partial charge in [-0.05, 0) is 93.0 Å². The van der Waals surface area contributed by atoms with E-state index in [0.29, 0.717) is 54.4 Å². The first-order valence-corrected chi connectivity index (χ1v) is 25.4. The molecule has 8 rings (SSSR count). The Kier molecular flexibility index (Phi) is 16.8. The van der Waals surface area contributed by atoms with Gasteiger partial charge in [0, 0.05) is 72.9 Å². The normalized spacial score (nSPS) is 19.3.